The molecule has 0 spiro atoms. The fourth-order valence-electron chi connectivity index (χ4n) is 4.07. The molecule has 0 heteroatoms. The summed E-state index contributed by atoms with van der Waals surface area (Å²) in [5.41, 5.74) is 1.50. The van der Waals surface area contributed by atoms with Crippen LogP contribution >= 0.6 is 0 Å². The summed E-state index contributed by atoms with van der Waals surface area (Å²) in [5.74, 6) is 2.00. The number of hydrogen-bond donors (Lipinski definition) is 0. The van der Waals surface area contributed by atoms with E-state index in [1.807, 2.05) is 0 Å². The summed E-state index contributed by atoms with van der Waals surface area (Å²) in [6.07, 6.45) is 21.6. The van der Waals surface area contributed by atoms with Crippen LogP contribution in [-0.2, 0) is 6.42 Å². The summed E-state index contributed by atoms with van der Waals surface area (Å²) < 4.78 is 0. The number of allylic oxidation sites excluding steroid dienone is 2. The Labute approximate surface area is 144 Å². The van der Waals surface area contributed by atoms with Gasteiger partial charge in [-0.1, -0.05) is 94.4 Å². The molecule has 0 radical (unpaired) electrons. The molecule has 0 heterocycles. The Hall–Kier alpha value is -1.04. The van der Waals surface area contributed by atoms with Crippen molar-refractivity contribution in [3.8, 4) is 0 Å². The molecule has 2 atom stereocenters. The third-order valence-corrected chi connectivity index (χ3v) is 5.53. The zero-order chi connectivity index (χ0) is 16.2. The summed E-state index contributed by atoms with van der Waals surface area (Å²) in [5, 5.41) is 0. The fraction of sp³-hybridized carbons (Fsp3) is 0.652. The molecular formula is C23H36. The predicted molar refractivity (Wildman–Crippen MR) is 103 cm³/mol. The minimum atomic E-state index is 0.988. The van der Waals surface area contributed by atoms with Crippen molar-refractivity contribution >= 4 is 0 Å². The molecule has 1 aromatic carbocycles. The van der Waals surface area contributed by atoms with E-state index in [0.29, 0.717) is 0 Å². The Balaban J connectivity index is 1.56. The first-order valence-electron chi connectivity index (χ1n) is 10.1. The number of rotatable bonds is 11. The predicted octanol–water partition coefficient (Wildman–Crippen LogP) is 7.34. The Morgan fingerprint density at radius 2 is 1.74 bits per heavy atom. The molecule has 1 fully saturated rings. The SMILES string of the molecule is CCCC/C=C\C[C@H]1CCCC1CCCCCc1ccccc1. The normalized spacial score (nSPS) is 21.3. The molecule has 0 aromatic heterocycles. The van der Waals surface area contributed by atoms with E-state index in [-0.39, 0.29) is 0 Å². The second kappa shape index (κ2) is 11.5. The molecule has 0 N–H and O–H groups in total. The smallest absolute Gasteiger partial charge is 0.0279 e. The van der Waals surface area contributed by atoms with Crippen LogP contribution in [0.1, 0.15) is 83.1 Å². The number of aryl methyl sites for hydroxylation is 1. The second-order valence-electron chi connectivity index (χ2n) is 7.39. The van der Waals surface area contributed by atoms with Crippen molar-refractivity contribution in [2.45, 2.75) is 84.0 Å². The highest BCUT2D eigenvalue weighted by molar-refractivity contribution is 5.14. The summed E-state index contributed by atoms with van der Waals surface area (Å²) >= 11 is 0. The lowest BCUT2D eigenvalue weighted by Crippen LogP contribution is -2.07. The van der Waals surface area contributed by atoms with Crippen molar-refractivity contribution in [3.05, 3.63) is 48.0 Å². The highest BCUT2D eigenvalue weighted by Crippen LogP contribution is 2.37. The number of benzene rings is 1. The largest absolute Gasteiger partial charge is 0.0885 e. The fourth-order valence-corrected chi connectivity index (χ4v) is 4.07. The van der Waals surface area contributed by atoms with Crippen LogP contribution in [-0.4, -0.2) is 0 Å². The average Bonchev–Trinajstić information content (AvgIpc) is 3.03. The van der Waals surface area contributed by atoms with Gasteiger partial charge in [0.05, 0.1) is 0 Å². The van der Waals surface area contributed by atoms with Crippen molar-refractivity contribution in [3.63, 3.8) is 0 Å². The van der Waals surface area contributed by atoms with Crippen LogP contribution in [0.25, 0.3) is 0 Å². The monoisotopic (exact) mass is 312 g/mol. The Morgan fingerprint density at radius 3 is 2.57 bits per heavy atom. The van der Waals surface area contributed by atoms with Gasteiger partial charge >= 0.3 is 0 Å². The van der Waals surface area contributed by atoms with Gasteiger partial charge in [0.25, 0.3) is 0 Å². The van der Waals surface area contributed by atoms with E-state index in [4.69, 9.17) is 0 Å². The van der Waals surface area contributed by atoms with E-state index in [0.717, 1.165) is 11.8 Å². The lowest BCUT2D eigenvalue weighted by Gasteiger charge is -2.18. The number of unbranched alkanes of at least 4 members (excludes halogenated alkanes) is 4. The Morgan fingerprint density at radius 1 is 0.913 bits per heavy atom. The molecule has 0 amide bonds. The topological polar surface area (TPSA) is 0 Å². The van der Waals surface area contributed by atoms with Crippen LogP contribution < -0.4 is 0 Å². The number of hydrogen-bond acceptors (Lipinski definition) is 0. The molecular weight excluding hydrogens is 276 g/mol. The van der Waals surface area contributed by atoms with Gasteiger partial charge in [-0.05, 0) is 49.5 Å². The van der Waals surface area contributed by atoms with Gasteiger partial charge in [-0.2, -0.15) is 0 Å². The maximum atomic E-state index is 2.48. The molecule has 1 saturated carbocycles. The highest BCUT2D eigenvalue weighted by atomic mass is 14.3. The maximum Gasteiger partial charge on any atom is -0.0279 e. The van der Waals surface area contributed by atoms with Crippen LogP contribution in [0.15, 0.2) is 42.5 Å². The molecule has 1 aliphatic carbocycles. The van der Waals surface area contributed by atoms with Crippen LogP contribution in [0, 0.1) is 11.8 Å². The first-order valence-corrected chi connectivity index (χ1v) is 10.1. The van der Waals surface area contributed by atoms with Gasteiger partial charge in [0.15, 0.2) is 0 Å². The molecule has 0 nitrogen and oxygen atoms in total. The lowest BCUT2D eigenvalue weighted by atomic mass is 9.88. The Kier molecular flexibility index (Phi) is 9.14. The van der Waals surface area contributed by atoms with Crippen LogP contribution in [0.4, 0.5) is 0 Å². The first-order chi connectivity index (χ1) is 11.4. The van der Waals surface area contributed by atoms with E-state index in [1.165, 1.54) is 82.6 Å². The van der Waals surface area contributed by atoms with Gasteiger partial charge < -0.3 is 0 Å². The third kappa shape index (κ3) is 7.38. The van der Waals surface area contributed by atoms with E-state index in [2.05, 4.69) is 49.4 Å². The van der Waals surface area contributed by atoms with E-state index >= 15 is 0 Å². The van der Waals surface area contributed by atoms with Crippen molar-refractivity contribution in [2.24, 2.45) is 11.8 Å². The summed E-state index contributed by atoms with van der Waals surface area (Å²) in [6, 6.07) is 11.0. The van der Waals surface area contributed by atoms with Crippen LogP contribution in [0.5, 0.6) is 0 Å². The molecule has 1 aliphatic rings. The van der Waals surface area contributed by atoms with Crippen LogP contribution in [0.2, 0.25) is 0 Å². The quantitative estimate of drug-likeness (QED) is 0.296. The zero-order valence-corrected chi connectivity index (χ0v) is 15.2. The first kappa shape index (κ1) is 18.3. The van der Waals surface area contributed by atoms with Crippen molar-refractivity contribution in [1.29, 1.82) is 0 Å². The van der Waals surface area contributed by atoms with Gasteiger partial charge in [-0.25, -0.2) is 0 Å². The third-order valence-electron chi connectivity index (χ3n) is 5.53. The maximum absolute atomic E-state index is 2.48. The van der Waals surface area contributed by atoms with E-state index < -0.39 is 0 Å². The zero-order valence-electron chi connectivity index (χ0n) is 15.2. The minimum absolute atomic E-state index is 0.988. The molecule has 0 bridgehead atoms. The molecule has 0 aliphatic heterocycles. The van der Waals surface area contributed by atoms with E-state index in [9.17, 15) is 0 Å². The minimum Gasteiger partial charge on any atom is -0.0885 e. The van der Waals surface area contributed by atoms with Crippen molar-refractivity contribution in [2.75, 3.05) is 0 Å². The summed E-state index contributed by atoms with van der Waals surface area (Å²) in [6.45, 7) is 2.28. The lowest BCUT2D eigenvalue weighted by molar-refractivity contribution is 0.353. The molecule has 2 rings (SSSR count). The van der Waals surface area contributed by atoms with Crippen molar-refractivity contribution < 1.29 is 0 Å². The van der Waals surface area contributed by atoms with Crippen LogP contribution in [0.3, 0.4) is 0 Å². The van der Waals surface area contributed by atoms with Gasteiger partial charge in [0.1, 0.15) is 0 Å². The Bertz CT molecular complexity index is 417. The standard InChI is InChI=1S/C23H36/c1-2-3-4-5-11-17-22-19-13-20-23(22)18-12-7-10-16-21-14-8-6-9-15-21/h5-6,8-9,11,14-15,22-23H,2-4,7,10,12-13,16-20H2,1H3/b11-5-/t22-,23?/m0/s1. The van der Waals surface area contributed by atoms with Crippen molar-refractivity contribution in [1.82, 2.24) is 0 Å². The summed E-state index contributed by atoms with van der Waals surface area (Å²) in [7, 11) is 0. The molecule has 128 valence electrons. The molecule has 1 aromatic rings. The van der Waals surface area contributed by atoms with Gasteiger partial charge in [0.2, 0.25) is 0 Å². The molecule has 0 saturated heterocycles. The van der Waals surface area contributed by atoms with E-state index in [1.54, 1.807) is 0 Å². The molecule has 23 heavy (non-hydrogen) atoms. The summed E-state index contributed by atoms with van der Waals surface area (Å²) in [4.78, 5) is 0. The molecule has 1 unspecified atom stereocenters. The highest BCUT2D eigenvalue weighted by Gasteiger charge is 2.25. The van der Waals surface area contributed by atoms with Gasteiger partial charge in [-0.3, -0.25) is 0 Å². The second-order valence-corrected chi connectivity index (χ2v) is 7.39. The van der Waals surface area contributed by atoms with Gasteiger partial charge in [-0.15, -0.1) is 0 Å². The average molecular weight is 313 g/mol. The van der Waals surface area contributed by atoms with Gasteiger partial charge in [0, 0.05) is 0 Å².